The van der Waals surface area contributed by atoms with Crippen molar-refractivity contribution in [3.8, 4) is 40.0 Å². The molecule has 0 aliphatic heterocycles. The average Bonchev–Trinajstić information content (AvgIpc) is 3.51. The molecule has 0 radical (unpaired) electrons. The van der Waals surface area contributed by atoms with Gasteiger partial charge in [-0.05, 0) is 64.6 Å². The van der Waals surface area contributed by atoms with Crippen LogP contribution in [-0.4, -0.2) is 46.8 Å². The zero-order valence-electron chi connectivity index (χ0n) is 30.3. The molecule has 0 spiro atoms. The lowest BCUT2D eigenvalue weighted by Crippen LogP contribution is -2.42. The summed E-state index contributed by atoms with van der Waals surface area (Å²) in [4.78, 5) is 14.4. The first-order valence-electron chi connectivity index (χ1n) is 17.1. The van der Waals surface area contributed by atoms with Gasteiger partial charge in [0.1, 0.15) is 5.84 Å². The summed E-state index contributed by atoms with van der Waals surface area (Å²) in [5, 5.41) is 53.9. The number of pyridine rings is 1. The minimum absolute atomic E-state index is 0.0183. The molecular weight excluding hydrogens is 652 g/mol. The predicted molar refractivity (Wildman–Crippen MR) is 208 cm³/mol. The summed E-state index contributed by atoms with van der Waals surface area (Å²) in [6, 6.07) is 26.3. The fourth-order valence-corrected chi connectivity index (χ4v) is 7.69. The normalized spacial score (nSPS) is 16.4. The SMILES string of the molecule is C=C(N=C(N=C(C)n1c2ccccc2c2ccccc21)c1ccc(-c2ccc3c(c2)C(C)(C)C(C)(C)C3(C)C)nc1)c1c(O)c(O)c(O)c(O)c1O. The second-order valence-electron chi connectivity index (χ2n) is 15.1. The van der Waals surface area contributed by atoms with Gasteiger partial charge in [-0.25, -0.2) is 9.98 Å². The number of hydrogen-bond donors (Lipinski definition) is 5. The zero-order chi connectivity index (χ0) is 37.5. The van der Waals surface area contributed by atoms with Gasteiger partial charge in [0.25, 0.3) is 0 Å². The van der Waals surface area contributed by atoms with Gasteiger partial charge < -0.3 is 25.5 Å². The summed E-state index contributed by atoms with van der Waals surface area (Å²) in [6.07, 6.45) is 1.65. The highest BCUT2D eigenvalue weighted by atomic mass is 16.4. The molecule has 2 heterocycles. The van der Waals surface area contributed by atoms with E-state index in [2.05, 4.69) is 83.4 Å². The molecule has 52 heavy (non-hydrogen) atoms. The molecule has 0 bridgehead atoms. The van der Waals surface area contributed by atoms with Gasteiger partial charge in [0.05, 0.1) is 28.0 Å². The number of aliphatic imine (C=N–C) groups is 2. The number of rotatable bonds is 4. The molecule has 5 N–H and O–H groups in total. The van der Waals surface area contributed by atoms with E-state index >= 15 is 0 Å². The number of fused-ring (bicyclic) bond motifs is 4. The Morgan fingerprint density at radius 1 is 0.654 bits per heavy atom. The van der Waals surface area contributed by atoms with Crippen molar-refractivity contribution in [3.63, 3.8) is 0 Å². The fraction of sp³-hybridized carbons (Fsp3) is 0.233. The van der Waals surface area contributed by atoms with E-state index in [0.29, 0.717) is 11.4 Å². The molecular formula is C43H42N4O5. The quantitative estimate of drug-likeness (QED) is 0.0539. The molecule has 1 aliphatic rings. The van der Waals surface area contributed by atoms with Crippen LogP contribution in [0, 0.1) is 5.41 Å². The number of para-hydroxylation sites is 2. The van der Waals surface area contributed by atoms with Crippen molar-refractivity contribution >= 4 is 39.2 Å². The van der Waals surface area contributed by atoms with Gasteiger partial charge >= 0.3 is 0 Å². The third kappa shape index (κ3) is 4.87. The molecule has 1 aliphatic carbocycles. The molecule has 264 valence electrons. The number of hydrogen-bond acceptors (Lipinski definition) is 7. The van der Waals surface area contributed by atoms with Gasteiger partial charge in [0.2, 0.25) is 17.2 Å². The van der Waals surface area contributed by atoms with Crippen molar-refractivity contribution in [1.29, 1.82) is 0 Å². The second kappa shape index (κ2) is 11.7. The van der Waals surface area contributed by atoms with Gasteiger partial charge in [-0.15, -0.1) is 0 Å². The lowest BCUT2D eigenvalue weighted by Gasteiger charge is -2.44. The maximum absolute atomic E-state index is 10.7. The molecule has 0 saturated carbocycles. The summed E-state index contributed by atoms with van der Waals surface area (Å²) in [7, 11) is 0. The van der Waals surface area contributed by atoms with Gasteiger partial charge in [0, 0.05) is 28.1 Å². The maximum atomic E-state index is 10.7. The van der Waals surface area contributed by atoms with Gasteiger partial charge in [-0.1, -0.05) is 96.7 Å². The van der Waals surface area contributed by atoms with Crippen LogP contribution < -0.4 is 0 Å². The second-order valence-corrected chi connectivity index (χ2v) is 15.1. The summed E-state index contributed by atoms with van der Waals surface area (Å²) in [5.41, 5.74) is 5.98. The fourth-order valence-electron chi connectivity index (χ4n) is 7.69. The third-order valence-electron chi connectivity index (χ3n) is 11.9. The van der Waals surface area contributed by atoms with Crippen molar-refractivity contribution in [3.05, 3.63) is 114 Å². The van der Waals surface area contributed by atoms with Gasteiger partial charge in [-0.2, -0.15) is 0 Å². The first kappa shape index (κ1) is 34.4. The molecule has 0 saturated heterocycles. The Hall–Kier alpha value is -6.09. The Bertz CT molecular complexity index is 2440. The number of benzene rings is 4. The standard InChI is InChI=1S/C43H42N4O5/c1-23(34-35(48)37(50)39(52)38(51)36(34)49)45-40(46-24(2)47-32-15-11-9-13-27(32)28-14-10-12-16-33(28)47)26-18-20-31(44-22-26)25-17-19-29-30(21-25)42(5,6)43(7,8)41(29,3)4/h9-22,48-52H,1H2,2-8H3. The largest absolute Gasteiger partial charge is 0.504 e. The molecule has 0 unspecified atom stereocenters. The number of amidine groups is 1. The van der Waals surface area contributed by atoms with Crippen LogP contribution in [0.3, 0.4) is 0 Å². The predicted octanol–water partition coefficient (Wildman–Crippen LogP) is 9.36. The first-order chi connectivity index (χ1) is 24.5. The Labute approximate surface area is 302 Å². The lowest BCUT2D eigenvalue weighted by atomic mass is 9.59. The number of aromatic nitrogens is 2. The van der Waals surface area contributed by atoms with Crippen LogP contribution in [0.25, 0.3) is 38.8 Å². The van der Waals surface area contributed by atoms with Crippen molar-refractivity contribution in [2.45, 2.75) is 59.3 Å². The third-order valence-corrected chi connectivity index (χ3v) is 11.9. The Morgan fingerprint density at radius 2 is 1.19 bits per heavy atom. The minimum atomic E-state index is -1.07. The lowest BCUT2D eigenvalue weighted by molar-refractivity contribution is 0.125. The molecule has 2 aromatic heterocycles. The molecule has 9 nitrogen and oxygen atoms in total. The van der Waals surface area contributed by atoms with E-state index in [4.69, 9.17) is 9.98 Å². The Balaban J connectivity index is 1.37. The number of phenols is 5. The number of aromatic hydroxyl groups is 5. The average molecular weight is 695 g/mol. The van der Waals surface area contributed by atoms with E-state index in [1.165, 1.54) is 11.1 Å². The van der Waals surface area contributed by atoms with Gasteiger partial charge in [0.15, 0.2) is 17.3 Å². The molecule has 0 atom stereocenters. The van der Waals surface area contributed by atoms with Gasteiger partial charge in [-0.3, -0.25) is 9.55 Å². The molecule has 0 amide bonds. The van der Waals surface area contributed by atoms with E-state index in [-0.39, 0.29) is 27.8 Å². The topological polar surface area (TPSA) is 144 Å². The van der Waals surface area contributed by atoms with Crippen LogP contribution in [0.4, 0.5) is 0 Å². The summed E-state index contributed by atoms with van der Waals surface area (Å²) >= 11 is 0. The van der Waals surface area contributed by atoms with E-state index in [9.17, 15) is 25.5 Å². The van der Waals surface area contributed by atoms with Crippen molar-refractivity contribution in [2.24, 2.45) is 15.4 Å². The highest BCUT2D eigenvalue weighted by Crippen LogP contribution is 2.61. The maximum Gasteiger partial charge on any atom is 0.208 e. The summed E-state index contributed by atoms with van der Waals surface area (Å²) < 4.78 is 2.02. The van der Waals surface area contributed by atoms with Crippen molar-refractivity contribution in [2.75, 3.05) is 0 Å². The zero-order valence-corrected chi connectivity index (χ0v) is 30.3. The number of nitrogens with zero attached hydrogens (tertiary/aromatic N) is 4. The summed E-state index contributed by atoms with van der Waals surface area (Å²) in [5.74, 6) is -4.23. The van der Waals surface area contributed by atoms with Crippen molar-refractivity contribution in [1.82, 2.24) is 9.55 Å². The summed E-state index contributed by atoms with van der Waals surface area (Å²) in [6.45, 7) is 19.7. The van der Waals surface area contributed by atoms with Crippen LogP contribution >= 0.6 is 0 Å². The van der Waals surface area contributed by atoms with E-state index in [1.807, 2.05) is 60.0 Å². The Morgan fingerprint density at radius 3 is 1.75 bits per heavy atom. The van der Waals surface area contributed by atoms with Crippen LogP contribution in [0.2, 0.25) is 0 Å². The van der Waals surface area contributed by atoms with Crippen LogP contribution in [-0.2, 0) is 10.8 Å². The molecule has 0 fully saturated rings. The van der Waals surface area contributed by atoms with Crippen molar-refractivity contribution < 1.29 is 25.5 Å². The molecule has 9 heteroatoms. The van der Waals surface area contributed by atoms with Crippen LogP contribution in [0.15, 0.2) is 102 Å². The van der Waals surface area contributed by atoms with E-state index < -0.39 is 34.3 Å². The van der Waals surface area contributed by atoms with E-state index in [1.54, 1.807) is 6.20 Å². The van der Waals surface area contributed by atoms with E-state index in [0.717, 1.165) is 33.1 Å². The smallest absolute Gasteiger partial charge is 0.208 e. The Kier molecular flexibility index (Phi) is 7.75. The highest BCUT2D eigenvalue weighted by molar-refractivity contribution is 6.16. The molecule has 4 aromatic carbocycles. The molecule has 7 rings (SSSR count). The number of phenolic OH excluding ortho intramolecular Hbond substituents is 5. The highest BCUT2D eigenvalue weighted by Gasteiger charge is 2.56. The molecule has 6 aromatic rings. The monoisotopic (exact) mass is 694 g/mol. The first-order valence-corrected chi connectivity index (χ1v) is 17.1. The van der Waals surface area contributed by atoms with Crippen LogP contribution in [0.1, 0.15) is 70.7 Å². The minimum Gasteiger partial charge on any atom is -0.504 e. The van der Waals surface area contributed by atoms with Crippen LogP contribution in [0.5, 0.6) is 28.7 Å².